The molecule has 1 fully saturated rings. The number of rotatable bonds is 7. The van der Waals surface area contributed by atoms with E-state index in [-0.39, 0.29) is 17.0 Å². The Balaban J connectivity index is 1.72. The summed E-state index contributed by atoms with van der Waals surface area (Å²) in [5.74, 6) is -2.57. The highest BCUT2D eigenvalue weighted by Crippen LogP contribution is 2.39. The number of likely N-dealkylation sites (tertiary alicyclic amines) is 1. The highest BCUT2D eigenvalue weighted by molar-refractivity contribution is 7.89. The summed E-state index contributed by atoms with van der Waals surface area (Å²) in [7, 11) is -0.860. The van der Waals surface area contributed by atoms with Crippen molar-refractivity contribution in [3.8, 4) is 0 Å². The van der Waals surface area contributed by atoms with Crippen molar-refractivity contribution in [3.63, 3.8) is 0 Å². The minimum absolute atomic E-state index is 0.0167. The Hall–Kier alpha value is -3.63. The molecule has 9 nitrogen and oxygen atoms in total. The van der Waals surface area contributed by atoms with Crippen LogP contribution in [0.2, 0.25) is 0 Å². The van der Waals surface area contributed by atoms with E-state index in [4.69, 9.17) is 4.42 Å². The molecule has 1 saturated heterocycles. The third-order valence-corrected chi connectivity index (χ3v) is 7.61. The van der Waals surface area contributed by atoms with E-state index in [1.54, 1.807) is 43.6 Å². The van der Waals surface area contributed by atoms with Crippen molar-refractivity contribution in [2.75, 3.05) is 14.1 Å². The third-order valence-electron chi connectivity index (χ3n) is 5.78. The minimum Gasteiger partial charge on any atom is -0.464 e. The van der Waals surface area contributed by atoms with Gasteiger partial charge in [-0.2, -0.15) is 0 Å². The fourth-order valence-corrected chi connectivity index (χ4v) is 4.90. The van der Waals surface area contributed by atoms with Crippen molar-refractivity contribution in [1.82, 2.24) is 9.21 Å². The monoisotopic (exact) mass is 482 g/mol. The van der Waals surface area contributed by atoms with Crippen molar-refractivity contribution >= 4 is 27.5 Å². The number of Topliss-reactive ketones (excluding diaryl/α,β-unsaturated/α-hetero) is 2. The number of amides is 1. The standard InChI is InChI=1S/C24H23N3O6S/c1-15-6-11-19(33-15)21-20(23(29)24(30)27(21)14-16-5-4-12-25-13-16)22(28)17-7-9-18(10-8-17)34(31,32)26(2)3/h4-13,20-21H,14H2,1-3H3/p+1. The number of carbonyl (C=O) groups is 3. The van der Waals surface area contributed by atoms with Crippen molar-refractivity contribution in [2.45, 2.75) is 24.4 Å². The summed E-state index contributed by atoms with van der Waals surface area (Å²) >= 11 is 0. The first-order chi connectivity index (χ1) is 16.1. The van der Waals surface area contributed by atoms with Gasteiger partial charge < -0.3 is 9.32 Å². The number of nitrogens with zero attached hydrogens (tertiary/aromatic N) is 2. The second kappa shape index (κ2) is 8.96. The van der Waals surface area contributed by atoms with Crippen LogP contribution < -0.4 is 4.98 Å². The van der Waals surface area contributed by atoms with E-state index in [2.05, 4.69) is 4.98 Å². The maximum absolute atomic E-state index is 13.5. The molecule has 0 radical (unpaired) electrons. The van der Waals surface area contributed by atoms with Crippen LogP contribution in [0.4, 0.5) is 0 Å². The summed E-state index contributed by atoms with van der Waals surface area (Å²) in [6.45, 7) is 1.84. The molecule has 2 unspecified atom stereocenters. The molecule has 1 amide bonds. The second-order valence-corrected chi connectivity index (χ2v) is 10.4. The number of carbonyl (C=O) groups excluding carboxylic acids is 3. The SMILES string of the molecule is Cc1ccc(C2C(C(=O)c3ccc(S(=O)(=O)N(C)C)cc3)C(=O)C(=O)N2Cc2ccc[nH+]c2)o1. The molecule has 0 aliphatic carbocycles. The first kappa shape index (κ1) is 23.5. The summed E-state index contributed by atoms with van der Waals surface area (Å²) < 4.78 is 31.5. The molecule has 0 bridgehead atoms. The number of furan rings is 1. The van der Waals surface area contributed by atoms with Gasteiger partial charge in [-0.1, -0.05) is 12.1 Å². The number of hydrogen-bond acceptors (Lipinski definition) is 6. The van der Waals surface area contributed by atoms with Gasteiger partial charge in [0.05, 0.1) is 11.4 Å². The van der Waals surface area contributed by atoms with Gasteiger partial charge in [-0.05, 0) is 37.3 Å². The average molecular weight is 483 g/mol. The van der Waals surface area contributed by atoms with Crippen molar-refractivity contribution in [2.24, 2.45) is 5.92 Å². The Morgan fingerprint density at radius 3 is 2.35 bits per heavy atom. The lowest BCUT2D eigenvalue weighted by atomic mass is 9.88. The number of H-pyrrole nitrogens is 1. The van der Waals surface area contributed by atoms with Crippen LogP contribution in [-0.4, -0.2) is 49.2 Å². The number of aromatic nitrogens is 1. The van der Waals surface area contributed by atoms with Crippen molar-refractivity contribution < 1.29 is 32.2 Å². The van der Waals surface area contributed by atoms with Crippen LogP contribution in [0.25, 0.3) is 0 Å². The van der Waals surface area contributed by atoms with E-state index >= 15 is 0 Å². The van der Waals surface area contributed by atoms with Crippen LogP contribution in [0.15, 0.2) is 70.2 Å². The summed E-state index contributed by atoms with van der Waals surface area (Å²) in [5.41, 5.74) is 0.885. The zero-order valence-electron chi connectivity index (χ0n) is 18.9. The molecule has 4 rings (SSSR count). The molecule has 176 valence electrons. The van der Waals surface area contributed by atoms with Gasteiger partial charge >= 0.3 is 0 Å². The fraction of sp³-hybridized carbons (Fsp3) is 0.250. The largest absolute Gasteiger partial charge is 0.464 e. The summed E-state index contributed by atoms with van der Waals surface area (Å²) in [6, 6.07) is 11.4. The molecule has 3 heterocycles. The Kier molecular flexibility index (Phi) is 6.20. The molecule has 34 heavy (non-hydrogen) atoms. The van der Waals surface area contributed by atoms with Gasteiger partial charge in [-0.25, -0.2) is 17.7 Å². The quantitative estimate of drug-likeness (QED) is 0.288. The Labute approximate surface area is 197 Å². The second-order valence-electron chi connectivity index (χ2n) is 8.26. The van der Waals surface area contributed by atoms with Crippen LogP contribution in [0.3, 0.4) is 0 Å². The van der Waals surface area contributed by atoms with E-state index in [1.165, 1.54) is 43.3 Å². The number of benzene rings is 1. The van der Waals surface area contributed by atoms with Gasteiger partial charge in [0.25, 0.3) is 5.91 Å². The zero-order chi connectivity index (χ0) is 24.6. The van der Waals surface area contributed by atoms with E-state index in [1.807, 2.05) is 0 Å². The number of pyridine rings is 1. The van der Waals surface area contributed by atoms with Crippen LogP contribution in [0.5, 0.6) is 0 Å². The van der Waals surface area contributed by atoms with Crippen LogP contribution in [0, 0.1) is 12.8 Å². The van der Waals surface area contributed by atoms with Gasteiger partial charge in [0, 0.05) is 31.3 Å². The maximum Gasteiger partial charge on any atom is 0.291 e. The number of aryl methyl sites for hydroxylation is 1. The molecule has 10 heteroatoms. The van der Waals surface area contributed by atoms with Gasteiger partial charge in [-0.3, -0.25) is 14.4 Å². The molecule has 2 atom stereocenters. The van der Waals surface area contributed by atoms with Crippen LogP contribution in [0.1, 0.15) is 33.5 Å². The molecule has 1 aliphatic rings. The minimum atomic E-state index is -3.68. The lowest BCUT2D eigenvalue weighted by Gasteiger charge is -2.24. The number of aromatic amines is 1. The number of ketones is 2. The van der Waals surface area contributed by atoms with E-state index in [0.717, 1.165) is 9.87 Å². The maximum atomic E-state index is 13.5. The zero-order valence-corrected chi connectivity index (χ0v) is 19.7. The lowest BCUT2D eigenvalue weighted by molar-refractivity contribution is -0.378. The molecule has 1 aromatic carbocycles. The molecular formula is C24H24N3O6S+. The fourth-order valence-electron chi connectivity index (χ4n) is 3.99. The highest BCUT2D eigenvalue weighted by atomic mass is 32.2. The topological polar surface area (TPSA) is 119 Å². The Morgan fingerprint density at radius 1 is 1.09 bits per heavy atom. The van der Waals surface area contributed by atoms with E-state index in [9.17, 15) is 22.8 Å². The molecule has 0 saturated carbocycles. The van der Waals surface area contributed by atoms with Gasteiger partial charge in [0.15, 0.2) is 18.2 Å². The summed E-state index contributed by atoms with van der Waals surface area (Å²) in [4.78, 5) is 43.8. The molecule has 1 aliphatic heterocycles. The predicted octanol–water partition coefficient (Wildman–Crippen LogP) is 1.80. The number of nitrogens with one attached hydrogen (secondary N) is 1. The Bertz CT molecular complexity index is 1350. The number of sulfonamides is 1. The first-order valence-corrected chi connectivity index (χ1v) is 12.0. The normalized spacial score (nSPS) is 18.6. The molecule has 2 aromatic heterocycles. The lowest BCUT2D eigenvalue weighted by Crippen LogP contribution is -2.30. The number of hydrogen-bond donors (Lipinski definition) is 0. The third kappa shape index (κ3) is 4.17. The first-order valence-electron chi connectivity index (χ1n) is 10.5. The Morgan fingerprint density at radius 2 is 1.79 bits per heavy atom. The molecule has 3 aromatic rings. The van der Waals surface area contributed by atoms with E-state index < -0.39 is 39.5 Å². The smallest absolute Gasteiger partial charge is 0.291 e. The van der Waals surface area contributed by atoms with Gasteiger partial charge in [0.1, 0.15) is 23.5 Å². The highest BCUT2D eigenvalue weighted by Gasteiger charge is 2.53. The van der Waals surface area contributed by atoms with Crippen LogP contribution >= 0.6 is 0 Å². The molecule has 0 spiro atoms. The van der Waals surface area contributed by atoms with Crippen LogP contribution in [-0.2, 0) is 26.2 Å². The summed E-state index contributed by atoms with van der Waals surface area (Å²) in [6.07, 6.45) is 3.43. The van der Waals surface area contributed by atoms with Crippen molar-refractivity contribution in [1.29, 1.82) is 0 Å². The summed E-state index contributed by atoms with van der Waals surface area (Å²) in [5, 5.41) is 0. The average Bonchev–Trinajstić information content (AvgIpc) is 3.35. The van der Waals surface area contributed by atoms with E-state index in [0.29, 0.717) is 11.5 Å². The van der Waals surface area contributed by atoms with Gasteiger partial charge in [-0.15, -0.1) is 0 Å². The molecular weight excluding hydrogens is 458 g/mol. The molecule has 1 N–H and O–H groups in total. The van der Waals surface area contributed by atoms with Crippen molar-refractivity contribution in [3.05, 3.63) is 83.6 Å². The van der Waals surface area contributed by atoms with Gasteiger partial charge in [0.2, 0.25) is 15.8 Å². The predicted molar refractivity (Wildman–Crippen MR) is 120 cm³/mol.